The molecular weight excluding hydrogens is 268 g/mol. The Morgan fingerprint density at radius 1 is 1.00 bits per heavy atom. The zero-order chi connectivity index (χ0) is 14.7. The van der Waals surface area contributed by atoms with Crippen molar-refractivity contribution in [2.24, 2.45) is 4.99 Å². The van der Waals surface area contributed by atoms with E-state index >= 15 is 0 Å². The van der Waals surface area contributed by atoms with Crippen LogP contribution in [0.5, 0.6) is 11.5 Å². The lowest BCUT2D eigenvalue weighted by atomic mass is 10.1. The van der Waals surface area contributed by atoms with Gasteiger partial charge in [-0.05, 0) is 12.1 Å². The number of benzene rings is 2. The Hall–Kier alpha value is -2.53. The van der Waals surface area contributed by atoms with E-state index in [0.717, 1.165) is 17.0 Å². The van der Waals surface area contributed by atoms with Gasteiger partial charge in [-0.1, -0.05) is 36.4 Å². The number of nitrogens with zero attached hydrogens (tertiary/aromatic N) is 1. The van der Waals surface area contributed by atoms with Gasteiger partial charge in [0.05, 0.1) is 14.2 Å². The van der Waals surface area contributed by atoms with E-state index in [1.807, 2.05) is 48.5 Å². The molecule has 1 aliphatic rings. The fraction of sp³-hybridized carbons (Fsp3) is 0.188. The molecule has 0 radical (unpaired) electrons. The van der Waals surface area contributed by atoms with Crippen molar-refractivity contribution in [3.8, 4) is 11.5 Å². The quantitative estimate of drug-likeness (QED) is 0.938. The van der Waals surface area contributed by atoms with Crippen LogP contribution in [0.2, 0.25) is 0 Å². The second kappa shape index (κ2) is 5.85. The lowest BCUT2D eigenvalue weighted by molar-refractivity contribution is 0.0375. The van der Waals surface area contributed by atoms with Crippen LogP contribution < -0.4 is 15.0 Å². The number of methoxy groups -OCH3 is 2. The average Bonchev–Trinajstić information content (AvgIpc) is 3.05. The van der Waals surface area contributed by atoms with Gasteiger partial charge >= 0.3 is 0 Å². The van der Waals surface area contributed by atoms with Gasteiger partial charge in [-0.15, -0.1) is 0 Å². The number of rotatable bonds is 4. The first-order chi connectivity index (χ1) is 10.3. The molecule has 0 aliphatic carbocycles. The normalized spacial score (nSPS) is 17.0. The summed E-state index contributed by atoms with van der Waals surface area (Å²) in [6, 6.07) is 15.5. The minimum absolute atomic E-state index is 0.403. The fourth-order valence-corrected chi connectivity index (χ4v) is 2.16. The summed E-state index contributed by atoms with van der Waals surface area (Å²) in [6.07, 6.45) is -0.403. The van der Waals surface area contributed by atoms with Crippen molar-refractivity contribution in [2.75, 3.05) is 14.2 Å². The molecule has 5 heteroatoms. The molecule has 2 aromatic carbocycles. The molecule has 0 aromatic heterocycles. The van der Waals surface area contributed by atoms with E-state index in [4.69, 9.17) is 14.3 Å². The van der Waals surface area contributed by atoms with E-state index in [0.29, 0.717) is 11.5 Å². The van der Waals surface area contributed by atoms with Crippen LogP contribution in [0.4, 0.5) is 0 Å². The third-order valence-corrected chi connectivity index (χ3v) is 3.25. The number of hydrogen-bond donors (Lipinski definition) is 1. The molecule has 1 heterocycles. The van der Waals surface area contributed by atoms with Gasteiger partial charge in [-0.25, -0.2) is 15.3 Å². The molecule has 0 saturated carbocycles. The Bertz CT molecular complexity index is 656. The molecule has 5 nitrogen and oxygen atoms in total. The van der Waals surface area contributed by atoms with Gasteiger partial charge in [0.2, 0.25) is 6.23 Å². The van der Waals surface area contributed by atoms with E-state index in [2.05, 4.69) is 10.5 Å². The molecular formula is C16H16N2O3. The number of hydrogen-bond acceptors (Lipinski definition) is 5. The van der Waals surface area contributed by atoms with Crippen molar-refractivity contribution in [1.29, 1.82) is 0 Å². The highest BCUT2D eigenvalue weighted by Crippen LogP contribution is 2.32. The van der Waals surface area contributed by atoms with Crippen LogP contribution in [0, 0.1) is 0 Å². The molecule has 0 amide bonds. The predicted octanol–water partition coefficient (Wildman–Crippen LogP) is 2.68. The van der Waals surface area contributed by atoms with Crippen molar-refractivity contribution >= 4 is 5.84 Å². The van der Waals surface area contributed by atoms with Crippen molar-refractivity contribution < 1.29 is 14.3 Å². The highest BCUT2D eigenvalue weighted by Gasteiger charge is 2.22. The van der Waals surface area contributed by atoms with Crippen LogP contribution in [-0.2, 0) is 4.84 Å². The minimum atomic E-state index is -0.403. The van der Waals surface area contributed by atoms with Crippen molar-refractivity contribution in [3.05, 3.63) is 59.7 Å². The van der Waals surface area contributed by atoms with Gasteiger partial charge in [-0.3, -0.25) is 0 Å². The highest BCUT2D eigenvalue weighted by atomic mass is 16.7. The summed E-state index contributed by atoms with van der Waals surface area (Å²) in [4.78, 5) is 10.1. The van der Waals surface area contributed by atoms with Gasteiger partial charge in [-0.2, -0.15) is 0 Å². The zero-order valence-electron chi connectivity index (χ0n) is 11.9. The summed E-state index contributed by atoms with van der Waals surface area (Å²) in [7, 11) is 3.21. The summed E-state index contributed by atoms with van der Waals surface area (Å²) in [5.74, 6) is 2.05. The van der Waals surface area contributed by atoms with E-state index in [9.17, 15) is 0 Å². The van der Waals surface area contributed by atoms with E-state index in [-0.39, 0.29) is 0 Å². The van der Waals surface area contributed by atoms with Gasteiger partial charge in [0.1, 0.15) is 0 Å². The highest BCUT2D eigenvalue weighted by molar-refractivity contribution is 5.98. The largest absolute Gasteiger partial charge is 0.493 e. The number of hydroxylamine groups is 1. The van der Waals surface area contributed by atoms with Crippen LogP contribution in [0.25, 0.3) is 0 Å². The van der Waals surface area contributed by atoms with E-state index in [1.165, 1.54) is 0 Å². The summed E-state index contributed by atoms with van der Waals surface area (Å²) in [5.41, 5.74) is 4.75. The lowest BCUT2D eigenvalue weighted by Gasteiger charge is -2.11. The maximum absolute atomic E-state index is 5.53. The first-order valence-corrected chi connectivity index (χ1v) is 6.58. The molecule has 2 aromatic rings. The van der Waals surface area contributed by atoms with Crippen molar-refractivity contribution in [2.45, 2.75) is 6.23 Å². The second-order valence-electron chi connectivity index (χ2n) is 4.53. The second-order valence-corrected chi connectivity index (χ2v) is 4.53. The molecule has 3 rings (SSSR count). The van der Waals surface area contributed by atoms with Gasteiger partial charge < -0.3 is 9.47 Å². The summed E-state index contributed by atoms with van der Waals surface area (Å²) in [6.45, 7) is 0. The van der Waals surface area contributed by atoms with Crippen LogP contribution in [0.1, 0.15) is 17.4 Å². The maximum atomic E-state index is 5.53. The number of amidine groups is 1. The summed E-state index contributed by atoms with van der Waals surface area (Å²) >= 11 is 0. The molecule has 0 spiro atoms. The van der Waals surface area contributed by atoms with E-state index < -0.39 is 6.23 Å². The van der Waals surface area contributed by atoms with Crippen LogP contribution in [0.15, 0.2) is 53.5 Å². The number of nitrogens with one attached hydrogen (secondary N) is 1. The van der Waals surface area contributed by atoms with Gasteiger partial charge in [0.25, 0.3) is 0 Å². The first kappa shape index (κ1) is 13.5. The maximum Gasteiger partial charge on any atom is 0.202 e. The van der Waals surface area contributed by atoms with Crippen LogP contribution in [-0.4, -0.2) is 20.1 Å². The molecule has 21 heavy (non-hydrogen) atoms. The average molecular weight is 284 g/mol. The molecule has 108 valence electrons. The van der Waals surface area contributed by atoms with Crippen LogP contribution in [0.3, 0.4) is 0 Å². The fourth-order valence-electron chi connectivity index (χ4n) is 2.16. The van der Waals surface area contributed by atoms with Crippen LogP contribution >= 0.6 is 0 Å². The first-order valence-electron chi connectivity index (χ1n) is 6.58. The summed E-state index contributed by atoms with van der Waals surface area (Å²) in [5, 5.41) is 0. The zero-order valence-corrected chi connectivity index (χ0v) is 11.9. The Morgan fingerprint density at radius 2 is 1.76 bits per heavy atom. The monoisotopic (exact) mass is 284 g/mol. The third kappa shape index (κ3) is 2.68. The predicted molar refractivity (Wildman–Crippen MR) is 79.5 cm³/mol. The molecule has 0 bridgehead atoms. The summed E-state index contributed by atoms with van der Waals surface area (Å²) < 4.78 is 10.5. The van der Waals surface area contributed by atoms with Gasteiger partial charge in [0, 0.05) is 11.1 Å². The smallest absolute Gasteiger partial charge is 0.202 e. The Morgan fingerprint density at radius 3 is 2.48 bits per heavy atom. The van der Waals surface area contributed by atoms with E-state index in [1.54, 1.807) is 14.2 Å². The molecule has 0 unspecified atom stereocenters. The lowest BCUT2D eigenvalue weighted by Crippen LogP contribution is -2.17. The van der Waals surface area contributed by atoms with Gasteiger partial charge in [0.15, 0.2) is 17.3 Å². The Kier molecular flexibility index (Phi) is 3.75. The number of ether oxygens (including phenoxy) is 2. The third-order valence-electron chi connectivity index (χ3n) is 3.25. The molecule has 1 aliphatic heterocycles. The van der Waals surface area contributed by atoms with Crippen molar-refractivity contribution in [3.63, 3.8) is 0 Å². The Balaban J connectivity index is 1.87. The minimum Gasteiger partial charge on any atom is -0.493 e. The molecule has 1 N–H and O–H groups in total. The number of aliphatic imine (C=N–C) groups is 1. The standard InChI is InChI=1S/C16H16N2O3/c1-19-13-9-8-12(10-14(13)20-2)16-17-15(18-21-16)11-6-4-3-5-7-11/h3-10,16H,1-2H3,(H,17,18)/t16-/m1/s1. The topological polar surface area (TPSA) is 52.1 Å². The SMILES string of the molecule is COc1ccc([C@@H]2N=C(c3ccccc3)NO2)cc1OC. The molecule has 1 atom stereocenters. The Labute approximate surface area is 123 Å². The van der Waals surface area contributed by atoms with Crippen molar-refractivity contribution in [1.82, 2.24) is 5.48 Å². The molecule has 0 fully saturated rings. The molecule has 0 saturated heterocycles.